The van der Waals surface area contributed by atoms with E-state index in [-0.39, 0.29) is 31.6 Å². The molecule has 0 bridgehead atoms. The molecule has 6 heteroatoms. The van der Waals surface area contributed by atoms with Gasteiger partial charge in [-0.2, -0.15) is 0 Å². The highest BCUT2D eigenvalue weighted by Gasteiger charge is 2.19. The number of allylic oxidation sites excluding steroid dienone is 9. The van der Waals surface area contributed by atoms with Crippen LogP contribution in [0.5, 0.6) is 0 Å². The molecule has 0 saturated heterocycles. The zero-order valence-corrected chi connectivity index (χ0v) is 33.8. The number of hydrogen-bond acceptors (Lipinski definition) is 6. The quantitative estimate of drug-likeness (QED) is 0.0274. The molecular formula is C46H78O6. The lowest BCUT2D eigenvalue weighted by Crippen LogP contribution is -2.30. The summed E-state index contributed by atoms with van der Waals surface area (Å²) in [4.78, 5) is 37.5. The predicted octanol–water partition coefficient (Wildman–Crippen LogP) is 13.4. The third-order valence-electron chi connectivity index (χ3n) is 8.76. The first kappa shape index (κ1) is 49.1. The molecule has 0 saturated carbocycles. The second-order valence-corrected chi connectivity index (χ2v) is 13.9. The maximum Gasteiger partial charge on any atom is 0.309 e. The van der Waals surface area contributed by atoms with Crippen molar-refractivity contribution in [2.24, 2.45) is 0 Å². The Hall–Kier alpha value is -2.89. The normalized spacial score (nSPS) is 12.6. The number of carbonyl (C=O) groups is 3. The third kappa shape index (κ3) is 38.3. The first-order chi connectivity index (χ1) is 25.5. The molecular weight excluding hydrogens is 649 g/mol. The largest absolute Gasteiger partial charge is 0.462 e. The molecule has 0 aliphatic carbocycles. The molecule has 0 spiro atoms. The van der Waals surface area contributed by atoms with Crippen molar-refractivity contribution in [2.45, 2.75) is 200 Å². The summed E-state index contributed by atoms with van der Waals surface area (Å²) in [6, 6.07) is 0. The summed E-state index contributed by atoms with van der Waals surface area (Å²) in [5.74, 6) is -1.06. The van der Waals surface area contributed by atoms with Gasteiger partial charge < -0.3 is 14.2 Å². The van der Waals surface area contributed by atoms with Gasteiger partial charge in [0.25, 0.3) is 0 Å². The van der Waals surface area contributed by atoms with Crippen molar-refractivity contribution in [2.75, 3.05) is 13.2 Å². The zero-order chi connectivity index (χ0) is 38.0. The minimum atomic E-state index is -0.812. The van der Waals surface area contributed by atoms with Crippen LogP contribution in [0.15, 0.2) is 60.8 Å². The van der Waals surface area contributed by atoms with Gasteiger partial charge in [-0.25, -0.2) is 0 Å². The van der Waals surface area contributed by atoms with Gasteiger partial charge in [-0.1, -0.05) is 159 Å². The van der Waals surface area contributed by atoms with Gasteiger partial charge in [0, 0.05) is 12.8 Å². The van der Waals surface area contributed by atoms with Crippen LogP contribution in [-0.4, -0.2) is 37.2 Å². The number of rotatable bonds is 37. The highest BCUT2D eigenvalue weighted by molar-refractivity contribution is 5.72. The number of esters is 3. The monoisotopic (exact) mass is 727 g/mol. The van der Waals surface area contributed by atoms with Gasteiger partial charge in [0.15, 0.2) is 6.10 Å². The molecule has 52 heavy (non-hydrogen) atoms. The number of unbranched alkanes of at least 4 members (excludes halogenated alkanes) is 17. The second-order valence-electron chi connectivity index (χ2n) is 13.9. The van der Waals surface area contributed by atoms with Crippen molar-refractivity contribution in [1.82, 2.24) is 0 Å². The van der Waals surface area contributed by atoms with Gasteiger partial charge in [0.2, 0.25) is 0 Å². The number of ether oxygens (including phenoxy) is 3. The standard InChI is InChI=1S/C46H78O6/c1-4-7-10-13-16-19-21-22-23-24-25-28-30-33-36-39-45(48)51-42-43(41-50-44(47)38-35-32-29-26-18-15-12-9-6-3)52-46(49)40-37-34-31-27-20-17-14-11-8-5-2/h9,12,14,17-19,21,26,32,35,43H,4-8,10-11,13,15-16,20,22-25,27-31,33-34,36-42H2,1-3H3/b12-9-,17-14-,21-19-,26-18-,35-32-. The lowest BCUT2D eigenvalue weighted by molar-refractivity contribution is -0.166. The Balaban J connectivity index is 4.42. The van der Waals surface area contributed by atoms with Crippen molar-refractivity contribution in [3.05, 3.63) is 60.8 Å². The van der Waals surface area contributed by atoms with Crippen LogP contribution in [0.25, 0.3) is 0 Å². The van der Waals surface area contributed by atoms with Crippen LogP contribution in [0, 0.1) is 0 Å². The fourth-order valence-electron chi connectivity index (χ4n) is 5.53. The first-order valence-electron chi connectivity index (χ1n) is 21.3. The van der Waals surface area contributed by atoms with E-state index in [0.717, 1.165) is 77.0 Å². The molecule has 298 valence electrons. The van der Waals surface area contributed by atoms with Crippen LogP contribution in [0.4, 0.5) is 0 Å². The SMILES string of the molecule is CC/C=C\C/C=C\C/C=C\CC(=O)OCC(COC(=O)CCCCCCCCC/C=C\CCCCCC)OC(=O)CCCCCC/C=C\CCCC. The summed E-state index contributed by atoms with van der Waals surface area (Å²) < 4.78 is 16.5. The Labute approximate surface area is 320 Å². The van der Waals surface area contributed by atoms with Crippen LogP contribution in [-0.2, 0) is 28.6 Å². The lowest BCUT2D eigenvalue weighted by atomic mass is 10.1. The Bertz CT molecular complexity index is 975. The van der Waals surface area contributed by atoms with Crippen LogP contribution < -0.4 is 0 Å². The molecule has 0 aromatic heterocycles. The molecule has 0 aliphatic heterocycles. The van der Waals surface area contributed by atoms with Crippen molar-refractivity contribution in [3.8, 4) is 0 Å². The van der Waals surface area contributed by atoms with E-state index in [1.54, 1.807) is 6.08 Å². The predicted molar refractivity (Wildman–Crippen MR) is 219 cm³/mol. The molecule has 0 radical (unpaired) electrons. The molecule has 0 aromatic carbocycles. The van der Waals surface area contributed by atoms with Gasteiger partial charge in [-0.05, 0) is 77.0 Å². The zero-order valence-electron chi connectivity index (χ0n) is 33.8. The Morgan fingerprint density at radius 3 is 1.38 bits per heavy atom. The van der Waals surface area contributed by atoms with E-state index in [4.69, 9.17) is 14.2 Å². The minimum absolute atomic E-state index is 0.109. The van der Waals surface area contributed by atoms with Gasteiger partial charge in [-0.3, -0.25) is 14.4 Å². The lowest BCUT2D eigenvalue weighted by Gasteiger charge is -2.18. The van der Waals surface area contributed by atoms with Gasteiger partial charge >= 0.3 is 17.9 Å². The summed E-state index contributed by atoms with van der Waals surface area (Å²) in [5, 5.41) is 0. The van der Waals surface area contributed by atoms with Crippen LogP contribution >= 0.6 is 0 Å². The van der Waals surface area contributed by atoms with Gasteiger partial charge in [0.05, 0.1) is 6.42 Å². The topological polar surface area (TPSA) is 78.9 Å². The van der Waals surface area contributed by atoms with Gasteiger partial charge in [0.1, 0.15) is 13.2 Å². The summed E-state index contributed by atoms with van der Waals surface area (Å²) >= 11 is 0. The average Bonchev–Trinajstić information content (AvgIpc) is 3.14. The number of carbonyl (C=O) groups excluding carboxylic acids is 3. The maximum atomic E-state index is 12.6. The van der Waals surface area contributed by atoms with Crippen molar-refractivity contribution >= 4 is 17.9 Å². The van der Waals surface area contributed by atoms with Crippen LogP contribution in [0.2, 0.25) is 0 Å². The van der Waals surface area contributed by atoms with E-state index in [0.29, 0.717) is 12.8 Å². The molecule has 0 N–H and O–H groups in total. The van der Waals surface area contributed by atoms with Crippen molar-refractivity contribution in [3.63, 3.8) is 0 Å². The molecule has 0 aliphatic rings. The molecule has 0 amide bonds. The van der Waals surface area contributed by atoms with Gasteiger partial charge in [-0.15, -0.1) is 0 Å². The highest BCUT2D eigenvalue weighted by atomic mass is 16.6. The molecule has 1 unspecified atom stereocenters. The van der Waals surface area contributed by atoms with Crippen molar-refractivity contribution < 1.29 is 28.6 Å². The molecule has 1 atom stereocenters. The first-order valence-corrected chi connectivity index (χ1v) is 21.3. The molecule has 6 nitrogen and oxygen atoms in total. The van der Waals surface area contributed by atoms with Crippen molar-refractivity contribution in [1.29, 1.82) is 0 Å². The van der Waals surface area contributed by atoms with E-state index in [1.807, 2.05) is 6.08 Å². The smallest absolute Gasteiger partial charge is 0.309 e. The summed E-state index contributed by atoms with van der Waals surface area (Å²) in [6.07, 6.45) is 48.1. The Kier molecular flexibility index (Phi) is 38.6. The van der Waals surface area contributed by atoms with Crippen LogP contribution in [0.3, 0.4) is 0 Å². The van der Waals surface area contributed by atoms with E-state index in [2.05, 4.69) is 69.4 Å². The average molecular weight is 727 g/mol. The van der Waals surface area contributed by atoms with E-state index >= 15 is 0 Å². The van der Waals surface area contributed by atoms with E-state index in [9.17, 15) is 14.4 Å². The minimum Gasteiger partial charge on any atom is -0.462 e. The second kappa shape index (κ2) is 40.9. The van der Waals surface area contributed by atoms with E-state index in [1.165, 1.54) is 77.0 Å². The molecule has 0 fully saturated rings. The molecule has 0 rings (SSSR count). The number of hydrogen-bond donors (Lipinski definition) is 0. The van der Waals surface area contributed by atoms with E-state index < -0.39 is 12.1 Å². The Morgan fingerprint density at radius 1 is 0.423 bits per heavy atom. The highest BCUT2D eigenvalue weighted by Crippen LogP contribution is 2.13. The summed E-state index contributed by atoms with van der Waals surface area (Å²) in [7, 11) is 0. The maximum absolute atomic E-state index is 12.6. The van der Waals surface area contributed by atoms with Crippen LogP contribution in [0.1, 0.15) is 194 Å². The molecule has 0 heterocycles. The Morgan fingerprint density at radius 2 is 0.846 bits per heavy atom. The summed E-state index contributed by atoms with van der Waals surface area (Å²) in [6.45, 7) is 6.32. The third-order valence-corrected chi connectivity index (χ3v) is 8.76. The summed E-state index contributed by atoms with van der Waals surface area (Å²) in [5.41, 5.74) is 0. The fourth-order valence-corrected chi connectivity index (χ4v) is 5.53. The fraction of sp³-hybridized carbons (Fsp3) is 0.717. The molecule has 0 aromatic rings.